The van der Waals surface area contributed by atoms with E-state index in [-0.39, 0.29) is 74.5 Å². The molecule has 15 heteroatoms. The number of ether oxygens (including phenoxy) is 2. The highest BCUT2D eigenvalue weighted by atomic mass is 16.6. The molecule has 2 aromatic rings. The van der Waals surface area contributed by atoms with Crippen LogP contribution in [0.25, 0.3) is 5.69 Å². The van der Waals surface area contributed by atoms with E-state index < -0.39 is 24.1 Å². The van der Waals surface area contributed by atoms with Gasteiger partial charge in [-0.05, 0) is 63.5 Å². The predicted octanol–water partition coefficient (Wildman–Crippen LogP) is 1.86. The summed E-state index contributed by atoms with van der Waals surface area (Å²) in [5.41, 5.74) is 0.559. The van der Waals surface area contributed by atoms with E-state index in [0.717, 1.165) is 38.5 Å². The minimum atomic E-state index is -0.941. The molecule has 0 spiro atoms. The molecule has 0 radical (unpaired) electrons. The monoisotopic (exact) mass is 695 g/mol. The number of carbonyl (C=O) groups excluding carboxylic acids is 5. The molecule has 15 nitrogen and oxygen atoms in total. The maximum Gasteiger partial charge on any atom is 0.409 e. The summed E-state index contributed by atoms with van der Waals surface area (Å²) < 4.78 is 12.7. The third-order valence-corrected chi connectivity index (χ3v) is 9.41. The Hall–Kier alpha value is -4.66. The first kappa shape index (κ1) is 36.6. The number of aliphatic hydroxyl groups excluding tert-OH is 1. The number of amides is 5. The van der Waals surface area contributed by atoms with Crippen LogP contribution in [0.4, 0.5) is 4.79 Å². The molecule has 5 amide bonds. The molecule has 5 rings (SSSR count). The SMILES string of the molecule is CCCCOC(=O)N1CCN(C(=O)C(CCCO)NC(=O)c2cc(OCC(=O)N3CCCC3C(=O)NC3CCC3)n(-c3ccccc3)n2)CC1. The van der Waals surface area contributed by atoms with Crippen LogP contribution < -0.4 is 15.4 Å². The molecule has 1 aliphatic carbocycles. The molecule has 50 heavy (non-hydrogen) atoms. The summed E-state index contributed by atoms with van der Waals surface area (Å²) >= 11 is 0. The zero-order valence-corrected chi connectivity index (χ0v) is 28.8. The highest BCUT2D eigenvalue weighted by Gasteiger charge is 2.36. The van der Waals surface area contributed by atoms with Crippen LogP contribution >= 0.6 is 0 Å². The number of nitrogens with one attached hydrogen (secondary N) is 2. The molecule has 2 atom stereocenters. The number of para-hydroxylation sites is 1. The third kappa shape index (κ3) is 9.31. The Morgan fingerprint density at radius 1 is 0.960 bits per heavy atom. The number of hydrogen-bond acceptors (Lipinski definition) is 9. The van der Waals surface area contributed by atoms with Crippen molar-refractivity contribution in [3.8, 4) is 11.6 Å². The lowest BCUT2D eigenvalue weighted by atomic mass is 9.93. The molecule has 3 N–H and O–H groups in total. The van der Waals surface area contributed by atoms with Crippen molar-refractivity contribution in [2.75, 3.05) is 52.5 Å². The predicted molar refractivity (Wildman–Crippen MR) is 182 cm³/mol. The molecular weight excluding hydrogens is 646 g/mol. The lowest BCUT2D eigenvalue weighted by Crippen LogP contribution is -2.56. The number of rotatable bonds is 15. The van der Waals surface area contributed by atoms with Gasteiger partial charge in [-0.3, -0.25) is 19.2 Å². The third-order valence-electron chi connectivity index (χ3n) is 9.41. The van der Waals surface area contributed by atoms with Crippen molar-refractivity contribution in [3.05, 3.63) is 42.1 Å². The minimum Gasteiger partial charge on any atom is -0.467 e. The van der Waals surface area contributed by atoms with E-state index in [4.69, 9.17) is 9.47 Å². The fraction of sp³-hybridized carbons (Fsp3) is 0.600. The largest absolute Gasteiger partial charge is 0.467 e. The molecule has 1 saturated carbocycles. The Labute approximate surface area is 292 Å². The number of benzene rings is 1. The first-order valence-electron chi connectivity index (χ1n) is 17.8. The van der Waals surface area contributed by atoms with Crippen LogP contribution in [-0.4, -0.2) is 130 Å². The maximum absolute atomic E-state index is 13.6. The van der Waals surface area contributed by atoms with Gasteiger partial charge in [0.25, 0.3) is 11.8 Å². The van der Waals surface area contributed by atoms with Crippen molar-refractivity contribution < 1.29 is 38.6 Å². The van der Waals surface area contributed by atoms with Crippen LogP contribution in [0.2, 0.25) is 0 Å². The van der Waals surface area contributed by atoms with E-state index in [1.807, 2.05) is 13.0 Å². The van der Waals surface area contributed by atoms with Crippen LogP contribution in [0.1, 0.15) is 75.2 Å². The fourth-order valence-electron chi connectivity index (χ4n) is 6.25. The topological polar surface area (TPSA) is 176 Å². The molecule has 3 aliphatic rings. The van der Waals surface area contributed by atoms with Gasteiger partial charge in [-0.15, -0.1) is 0 Å². The van der Waals surface area contributed by atoms with Gasteiger partial charge >= 0.3 is 6.09 Å². The molecule has 2 aliphatic heterocycles. The average molecular weight is 696 g/mol. The molecule has 1 aromatic carbocycles. The second-order valence-corrected chi connectivity index (χ2v) is 13.0. The van der Waals surface area contributed by atoms with E-state index >= 15 is 0 Å². The van der Waals surface area contributed by atoms with Crippen molar-refractivity contribution in [1.82, 2.24) is 35.1 Å². The Kier molecular flexibility index (Phi) is 13.1. The van der Waals surface area contributed by atoms with E-state index in [1.165, 1.54) is 10.7 Å². The minimum absolute atomic E-state index is 0.0309. The van der Waals surface area contributed by atoms with Crippen LogP contribution in [0.15, 0.2) is 36.4 Å². The van der Waals surface area contributed by atoms with Gasteiger partial charge in [-0.2, -0.15) is 5.10 Å². The number of aliphatic hydroxyl groups is 1. The van der Waals surface area contributed by atoms with Crippen LogP contribution in [-0.2, 0) is 19.1 Å². The van der Waals surface area contributed by atoms with Crippen molar-refractivity contribution in [1.29, 1.82) is 0 Å². The number of likely N-dealkylation sites (tertiary alicyclic amines) is 1. The molecule has 3 heterocycles. The van der Waals surface area contributed by atoms with Gasteiger partial charge in [-0.25, -0.2) is 9.48 Å². The Morgan fingerprint density at radius 3 is 2.38 bits per heavy atom. The van der Waals surface area contributed by atoms with Gasteiger partial charge in [0.15, 0.2) is 12.3 Å². The first-order chi connectivity index (χ1) is 24.3. The summed E-state index contributed by atoms with van der Waals surface area (Å²) in [7, 11) is 0. The summed E-state index contributed by atoms with van der Waals surface area (Å²) in [5.74, 6) is -1.28. The van der Waals surface area contributed by atoms with Crippen LogP contribution in [0, 0.1) is 0 Å². The lowest BCUT2D eigenvalue weighted by Gasteiger charge is -2.36. The number of piperazine rings is 1. The number of nitrogens with zero attached hydrogens (tertiary/aromatic N) is 5. The number of aromatic nitrogens is 2. The molecule has 272 valence electrons. The Balaban J connectivity index is 1.24. The van der Waals surface area contributed by atoms with E-state index in [9.17, 15) is 29.1 Å². The van der Waals surface area contributed by atoms with Gasteiger partial charge in [0.1, 0.15) is 12.1 Å². The van der Waals surface area contributed by atoms with E-state index in [1.54, 1.807) is 39.0 Å². The first-order valence-corrected chi connectivity index (χ1v) is 17.8. The highest BCUT2D eigenvalue weighted by Crippen LogP contribution is 2.24. The summed E-state index contributed by atoms with van der Waals surface area (Å²) in [6.07, 6.45) is 6.10. The summed E-state index contributed by atoms with van der Waals surface area (Å²) in [6, 6.07) is 9.10. The standard InChI is InChI=1S/C35H49N7O8/c1-2-3-22-49-35(48)40-19-17-39(18-20-40)34(47)27(14-9-21-43)37-32(45)28-23-31(42(38-28)26-12-5-4-6-13-26)50-24-30(44)41-16-8-15-29(41)33(46)36-25-10-7-11-25/h4-6,12-13,23,25,27,29,43H,2-3,7-11,14-22,24H2,1H3,(H,36,46)(H,37,45). The Bertz CT molecular complexity index is 1470. The van der Waals surface area contributed by atoms with Gasteiger partial charge in [0.2, 0.25) is 17.7 Å². The highest BCUT2D eigenvalue weighted by molar-refractivity contribution is 5.96. The van der Waals surface area contributed by atoms with Crippen LogP contribution in [0.5, 0.6) is 5.88 Å². The van der Waals surface area contributed by atoms with Crippen molar-refractivity contribution in [2.24, 2.45) is 0 Å². The van der Waals surface area contributed by atoms with Crippen molar-refractivity contribution >= 4 is 29.7 Å². The zero-order chi connectivity index (χ0) is 35.5. The fourth-order valence-corrected chi connectivity index (χ4v) is 6.25. The van der Waals surface area contributed by atoms with E-state index in [2.05, 4.69) is 15.7 Å². The second-order valence-electron chi connectivity index (χ2n) is 13.0. The number of unbranched alkanes of at least 4 members (excludes halogenated alkanes) is 1. The summed E-state index contributed by atoms with van der Waals surface area (Å²) in [5, 5.41) is 19.8. The Morgan fingerprint density at radius 2 is 1.70 bits per heavy atom. The van der Waals surface area contributed by atoms with Crippen molar-refractivity contribution in [2.45, 2.75) is 82.8 Å². The lowest BCUT2D eigenvalue weighted by molar-refractivity contribution is -0.140. The maximum atomic E-state index is 13.6. The summed E-state index contributed by atoms with van der Waals surface area (Å²) in [6.45, 7) is 3.48. The molecular formula is C35H49N7O8. The molecule has 1 aromatic heterocycles. The molecule has 3 fully saturated rings. The quantitative estimate of drug-likeness (QED) is 0.235. The average Bonchev–Trinajstić information content (AvgIpc) is 3.79. The van der Waals surface area contributed by atoms with Crippen molar-refractivity contribution in [3.63, 3.8) is 0 Å². The van der Waals surface area contributed by atoms with Gasteiger partial charge < -0.3 is 39.9 Å². The van der Waals surface area contributed by atoms with E-state index in [0.29, 0.717) is 38.3 Å². The normalized spacial score (nSPS) is 18.3. The molecule has 0 bridgehead atoms. The zero-order valence-electron chi connectivity index (χ0n) is 28.8. The van der Waals surface area contributed by atoms with Gasteiger partial charge in [0.05, 0.1) is 12.3 Å². The number of hydrogen-bond donors (Lipinski definition) is 3. The van der Waals surface area contributed by atoms with Crippen LogP contribution in [0.3, 0.4) is 0 Å². The molecule has 2 unspecified atom stereocenters. The van der Waals surface area contributed by atoms with Gasteiger partial charge in [-0.1, -0.05) is 31.5 Å². The second kappa shape index (κ2) is 17.8. The van der Waals surface area contributed by atoms with Gasteiger partial charge in [0, 0.05) is 51.4 Å². The number of carbonyl (C=O) groups is 5. The summed E-state index contributed by atoms with van der Waals surface area (Å²) in [4.78, 5) is 70.4. The smallest absolute Gasteiger partial charge is 0.409 e. The molecule has 2 saturated heterocycles.